The minimum absolute atomic E-state index is 0.112. The molecule has 0 aromatic rings. The lowest BCUT2D eigenvalue weighted by Gasteiger charge is -2.28. The van der Waals surface area contributed by atoms with E-state index in [9.17, 15) is 4.79 Å². The number of ether oxygens (including phenoxy) is 1. The minimum Gasteiger partial charge on any atom is -0.469 e. The van der Waals surface area contributed by atoms with E-state index < -0.39 is 0 Å². The van der Waals surface area contributed by atoms with E-state index in [4.69, 9.17) is 4.74 Å². The van der Waals surface area contributed by atoms with E-state index >= 15 is 0 Å². The molecule has 0 radical (unpaired) electrons. The molecular formula is C13H27NO2. The summed E-state index contributed by atoms with van der Waals surface area (Å²) in [4.78, 5) is 11.3. The van der Waals surface area contributed by atoms with Crippen LogP contribution in [0.5, 0.6) is 0 Å². The van der Waals surface area contributed by atoms with Crippen molar-refractivity contribution in [3.63, 3.8) is 0 Å². The van der Waals surface area contributed by atoms with Crippen LogP contribution in [0.4, 0.5) is 0 Å². The molecule has 0 spiro atoms. The number of unbranched alkanes of at least 4 members (excludes halogenated alkanes) is 4. The maximum Gasteiger partial charge on any atom is 0.307 e. The third kappa shape index (κ3) is 6.83. The first-order chi connectivity index (χ1) is 7.58. The average Bonchev–Trinajstić information content (AvgIpc) is 2.28. The van der Waals surface area contributed by atoms with Crippen LogP contribution in [0.15, 0.2) is 0 Å². The SMILES string of the molecule is CCCCCCCC(C)(CC(=O)OC)NC. The highest BCUT2D eigenvalue weighted by Crippen LogP contribution is 2.19. The first kappa shape index (κ1) is 15.4. The van der Waals surface area contributed by atoms with Crippen LogP contribution in [0.1, 0.15) is 58.8 Å². The van der Waals surface area contributed by atoms with Crippen molar-refractivity contribution in [2.24, 2.45) is 0 Å². The van der Waals surface area contributed by atoms with Gasteiger partial charge in [-0.05, 0) is 20.4 Å². The summed E-state index contributed by atoms with van der Waals surface area (Å²) in [6.45, 7) is 4.30. The normalized spacial score (nSPS) is 14.5. The molecule has 0 heterocycles. The summed E-state index contributed by atoms with van der Waals surface area (Å²) in [6.07, 6.45) is 7.80. The fourth-order valence-corrected chi connectivity index (χ4v) is 1.81. The van der Waals surface area contributed by atoms with E-state index in [1.807, 2.05) is 7.05 Å². The molecule has 0 saturated carbocycles. The van der Waals surface area contributed by atoms with Crippen molar-refractivity contribution in [1.82, 2.24) is 5.32 Å². The lowest BCUT2D eigenvalue weighted by Crippen LogP contribution is -2.42. The summed E-state index contributed by atoms with van der Waals surface area (Å²) in [6, 6.07) is 0. The van der Waals surface area contributed by atoms with E-state index in [0.29, 0.717) is 6.42 Å². The largest absolute Gasteiger partial charge is 0.469 e. The van der Waals surface area contributed by atoms with Crippen molar-refractivity contribution in [3.8, 4) is 0 Å². The van der Waals surface area contributed by atoms with Gasteiger partial charge in [-0.25, -0.2) is 0 Å². The summed E-state index contributed by atoms with van der Waals surface area (Å²) in [5, 5.41) is 3.23. The number of nitrogens with one attached hydrogen (secondary N) is 1. The van der Waals surface area contributed by atoms with Crippen LogP contribution in [0.25, 0.3) is 0 Å². The Morgan fingerprint density at radius 1 is 1.25 bits per heavy atom. The van der Waals surface area contributed by atoms with Gasteiger partial charge in [0.25, 0.3) is 0 Å². The molecule has 0 aliphatic carbocycles. The van der Waals surface area contributed by atoms with Crippen molar-refractivity contribution in [2.75, 3.05) is 14.2 Å². The molecule has 16 heavy (non-hydrogen) atoms. The van der Waals surface area contributed by atoms with E-state index in [1.54, 1.807) is 0 Å². The first-order valence-corrected chi connectivity index (χ1v) is 6.33. The molecule has 3 nitrogen and oxygen atoms in total. The second-order valence-electron chi connectivity index (χ2n) is 4.73. The summed E-state index contributed by atoms with van der Waals surface area (Å²) in [5.41, 5.74) is -0.112. The van der Waals surface area contributed by atoms with Gasteiger partial charge in [0.2, 0.25) is 0 Å². The zero-order chi connectivity index (χ0) is 12.4. The first-order valence-electron chi connectivity index (χ1n) is 6.33. The van der Waals surface area contributed by atoms with Crippen LogP contribution in [0, 0.1) is 0 Å². The van der Waals surface area contributed by atoms with Crippen LogP contribution in [-0.4, -0.2) is 25.7 Å². The van der Waals surface area contributed by atoms with E-state index in [2.05, 4.69) is 19.2 Å². The number of carbonyl (C=O) groups excluding carboxylic acids is 1. The molecular weight excluding hydrogens is 202 g/mol. The van der Waals surface area contributed by atoms with Gasteiger partial charge in [-0.15, -0.1) is 0 Å². The number of hydrogen-bond donors (Lipinski definition) is 1. The monoisotopic (exact) mass is 229 g/mol. The molecule has 0 fully saturated rings. The Labute approximate surface area is 99.9 Å². The number of carbonyl (C=O) groups is 1. The third-order valence-electron chi connectivity index (χ3n) is 3.20. The smallest absolute Gasteiger partial charge is 0.307 e. The van der Waals surface area contributed by atoms with E-state index in [-0.39, 0.29) is 11.5 Å². The molecule has 0 rings (SSSR count). The molecule has 0 aliphatic heterocycles. The summed E-state index contributed by atoms with van der Waals surface area (Å²) < 4.78 is 4.71. The highest BCUT2D eigenvalue weighted by atomic mass is 16.5. The van der Waals surface area contributed by atoms with Gasteiger partial charge in [0.05, 0.1) is 13.5 Å². The van der Waals surface area contributed by atoms with Gasteiger partial charge in [0, 0.05) is 5.54 Å². The van der Waals surface area contributed by atoms with Crippen LogP contribution < -0.4 is 5.32 Å². The van der Waals surface area contributed by atoms with Crippen molar-refractivity contribution < 1.29 is 9.53 Å². The summed E-state index contributed by atoms with van der Waals surface area (Å²) in [5.74, 6) is -0.134. The second kappa shape index (κ2) is 8.57. The Bertz CT molecular complexity index is 194. The van der Waals surface area contributed by atoms with Gasteiger partial charge < -0.3 is 10.1 Å². The molecule has 1 N–H and O–H groups in total. The fraction of sp³-hybridized carbons (Fsp3) is 0.923. The Kier molecular flexibility index (Phi) is 8.26. The zero-order valence-electron chi connectivity index (χ0n) is 11.3. The standard InChI is InChI=1S/C13H27NO2/c1-5-6-7-8-9-10-13(2,14-3)11-12(15)16-4/h14H,5-11H2,1-4H3. The molecule has 0 aromatic carbocycles. The Balaban J connectivity index is 3.83. The highest BCUT2D eigenvalue weighted by Gasteiger charge is 2.25. The van der Waals surface area contributed by atoms with Crippen molar-refractivity contribution in [2.45, 2.75) is 64.3 Å². The second-order valence-corrected chi connectivity index (χ2v) is 4.73. The van der Waals surface area contributed by atoms with Crippen LogP contribution in [0.3, 0.4) is 0 Å². The Hall–Kier alpha value is -0.570. The molecule has 0 aliphatic rings. The predicted molar refractivity (Wildman–Crippen MR) is 67.5 cm³/mol. The summed E-state index contributed by atoms with van der Waals surface area (Å²) in [7, 11) is 3.36. The van der Waals surface area contributed by atoms with Gasteiger partial charge in [-0.3, -0.25) is 4.79 Å². The molecule has 0 saturated heterocycles. The van der Waals surface area contributed by atoms with Gasteiger partial charge in [0.1, 0.15) is 0 Å². The topological polar surface area (TPSA) is 38.3 Å². The van der Waals surface area contributed by atoms with Crippen LogP contribution in [0.2, 0.25) is 0 Å². The van der Waals surface area contributed by atoms with Crippen molar-refractivity contribution >= 4 is 5.97 Å². The third-order valence-corrected chi connectivity index (χ3v) is 3.20. The van der Waals surface area contributed by atoms with Crippen molar-refractivity contribution in [1.29, 1.82) is 0 Å². The number of esters is 1. The maximum atomic E-state index is 11.3. The minimum atomic E-state index is -0.134. The average molecular weight is 229 g/mol. The van der Waals surface area contributed by atoms with E-state index in [0.717, 1.165) is 6.42 Å². The van der Waals surface area contributed by atoms with E-state index in [1.165, 1.54) is 39.2 Å². The maximum absolute atomic E-state index is 11.3. The molecule has 96 valence electrons. The molecule has 1 unspecified atom stereocenters. The van der Waals surface area contributed by atoms with Gasteiger partial charge in [-0.1, -0.05) is 39.0 Å². The predicted octanol–water partition coefficient (Wildman–Crippen LogP) is 2.89. The Morgan fingerprint density at radius 3 is 2.38 bits per heavy atom. The van der Waals surface area contributed by atoms with Gasteiger partial charge in [0.15, 0.2) is 0 Å². The summed E-state index contributed by atoms with van der Waals surface area (Å²) >= 11 is 0. The number of methoxy groups -OCH3 is 1. The number of rotatable bonds is 9. The van der Waals surface area contributed by atoms with Crippen LogP contribution >= 0.6 is 0 Å². The van der Waals surface area contributed by atoms with Crippen molar-refractivity contribution in [3.05, 3.63) is 0 Å². The molecule has 3 heteroatoms. The molecule has 0 aromatic heterocycles. The highest BCUT2D eigenvalue weighted by molar-refractivity contribution is 5.70. The molecule has 1 atom stereocenters. The zero-order valence-corrected chi connectivity index (χ0v) is 11.3. The fourth-order valence-electron chi connectivity index (χ4n) is 1.81. The van der Waals surface area contributed by atoms with Gasteiger partial charge in [-0.2, -0.15) is 0 Å². The molecule has 0 bridgehead atoms. The lowest BCUT2D eigenvalue weighted by molar-refractivity contribution is -0.142. The quantitative estimate of drug-likeness (QED) is 0.488. The van der Waals surface area contributed by atoms with Crippen LogP contribution in [-0.2, 0) is 9.53 Å². The molecule has 0 amide bonds. The Morgan fingerprint density at radius 2 is 1.88 bits per heavy atom. The van der Waals surface area contributed by atoms with Gasteiger partial charge >= 0.3 is 5.97 Å². The number of hydrogen-bond acceptors (Lipinski definition) is 3. The lowest BCUT2D eigenvalue weighted by atomic mass is 9.91.